The monoisotopic (exact) mass is 533 g/mol. The Balaban J connectivity index is 1.24. The van der Waals surface area contributed by atoms with E-state index >= 15 is 0 Å². The smallest absolute Gasteiger partial charge is 0.127 e. The average molecular weight is 534 g/mol. The van der Waals surface area contributed by atoms with Gasteiger partial charge in [-0.25, -0.2) is 4.39 Å². The number of nitrogens with zero attached hydrogens (tertiary/aromatic N) is 5. The first kappa shape index (κ1) is 24.4. The number of halogens is 1. The van der Waals surface area contributed by atoms with Crippen LogP contribution in [0.4, 0.5) is 4.39 Å². The third-order valence-corrected chi connectivity index (χ3v) is 7.59. The van der Waals surface area contributed by atoms with Crippen LogP contribution in [0.1, 0.15) is 18.4 Å². The fraction of sp³-hybridized carbons (Fsp3) is 0.226. The van der Waals surface area contributed by atoms with Crippen LogP contribution < -0.4 is 4.74 Å². The van der Waals surface area contributed by atoms with Crippen LogP contribution in [-0.2, 0) is 0 Å². The second-order valence-corrected chi connectivity index (χ2v) is 10.3. The maximum atomic E-state index is 14.7. The summed E-state index contributed by atoms with van der Waals surface area (Å²) in [6.07, 6.45) is 9.59. The van der Waals surface area contributed by atoms with Crippen LogP contribution >= 0.6 is 0 Å². The maximum Gasteiger partial charge on any atom is 0.127 e. The lowest BCUT2D eigenvalue weighted by Crippen LogP contribution is -2.25. The number of benzene rings is 1. The van der Waals surface area contributed by atoms with Gasteiger partial charge in [-0.05, 0) is 74.8 Å². The summed E-state index contributed by atoms with van der Waals surface area (Å²) in [5.41, 5.74) is 7.56. The topological polar surface area (TPSA) is 95.6 Å². The van der Waals surface area contributed by atoms with E-state index in [-0.39, 0.29) is 5.82 Å². The highest BCUT2D eigenvalue weighted by atomic mass is 19.1. The minimum absolute atomic E-state index is 0.354. The van der Waals surface area contributed by atoms with E-state index in [1.54, 1.807) is 18.6 Å². The van der Waals surface area contributed by atoms with E-state index in [9.17, 15) is 4.39 Å². The van der Waals surface area contributed by atoms with Crippen molar-refractivity contribution in [3.05, 3.63) is 78.6 Å². The van der Waals surface area contributed by atoms with Crippen LogP contribution in [0.3, 0.4) is 0 Å². The number of aromatic amines is 2. The van der Waals surface area contributed by atoms with Gasteiger partial charge < -0.3 is 9.72 Å². The van der Waals surface area contributed by atoms with Crippen LogP contribution in [0.15, 0.2) is 67.3 Å². The number of rotatable bonds is 7. The van der Waals surface area contributed by atoms with Gasteiger partial charge in [0, 0.05) is 58.6 Å². The highest BCUT2D eigenvalue weighted by molar-refractivity contribution is 6.00. The Morgan fingerprint density at radius 2 is 1.80 bits per heavy atom. The zero-order valence-electron chi connectivity index (χ0n) is 22.1. The van der Waals surface area contributed by atoms with Crippen LogP contribution in [-0.4, -0.2) is 61.3 Å². The largest absolute Gasteiger partial charge is 0.492 e. The van der Waals surface area contributed by atoms with Crippen LogP contribution in [0.5, 0.6) is 5.75 Å². The van der Waals surface area contributed by atoms with Crippen molar-refractivity contribution in [2.45, 2.75) is 19.8 Å². The number of aryl methyl sites for hydroxylation is 1. The molecule has 0 saturated carbocycles. The van der Waals surface area contributed by atoms with Crippen molar-refractivity contribution in [1.82, 2.24) is 35.0 Å². The predicted molar refractivity (Wildman–Crippen MR) is 154 cm³/mol. The van der Waals surface area contributed by atoms with E-state index in [0.717, 1.165) is 69.6 Å². The molecule has 1 aliphatic heterocycles. The Hall–Kier alpha value is -4.63. The molecule has 7 rings (SSSR count). The highest BCUT2D eigenvalue weighted by Crippen LogP contribution is 2.35. The number of H-pyrrole nitrogens is 2. The van der Waals surface area contributed by atoms with Gasteiger partial charge in [0.1, 0.15) is 23.9 Å². The van der Waals surface area contributed by atoms with Gasteiger partial charge >= 0.3 is 0 Å². The number of ether oxygens (including phenoxy) is 1. The molecule has 0 amide bonds. The zero-order chi connectivity index (χ0) is 27.1. The minimum Gasteiger partial charge on any atom is -0.492 e. The van der Waals surface area contributed by atoms with Gasteiger partial charge in [-0.3, -0.25) is 25.0 Å². The molecule has 6 heterocycles. The van der Waals surface area contributed by atoms with Gasteiger partial charge in [0.15, 0.2) is 0 Å². The standard InChI is InChI=1S/C31H28FN7O/c1-19-4-6-33-17-25(19)27-15-24-29(18-35-27)37-38-31(24)28-16-23-26(36-28)5-7-34-30(23)20-12-21(32)14-22(13-20)40-11-10-39-8-2-3-9-39/h4-7,12-18,36H,2-3,8-11H2,1H3,(H,37,38). The molecule has 8 nitrogen and oxygen atoms in total. The normalized spacial score (nSPS) is 13.9. The molecule has 1 aliphatic rings. The summed E-state index contributed by atoms with van der Waals surface area (Å²) in [6, 6.07) is 12.7. The Morgan fingerprint density at radius 3 is 2.67 bits per heavy atom. The first-order valence-electron chi connectivity index (χ1n) is 13.5. The molecular formula is C31H28FN7O. The van der Waals surface area contributed by atoms with E-state index in [0.29, 0.717) is 23.6 Å². The van der Waals surface area contributed by atoms with Crippen LogP contribution in [0.25, 0.3) is 55.7 Å². The fourth-order valence-electron chi connectivity index (χ4n) is 5.49. The molecule has 0 radical (unpaired) electrons. The summed E-state index contributed by atoms with van der Waals surface area (Å²) >= 11 is 0. The van der Waals surface area contributed by atoms with Crippen molar-refractivity contribution in [2.24, 2.45) is 0 Å². The second kappa shape index (κ2) is 10.2. The summed E-state index contributed by atoms with van der Waals surface area (Å²) in [7, 11) is 0. The molecule has 6 aromatic rings. The molecule has 0 bridgehead atoms. The number of pyridine rings is 3. The molecule has 40 heavy (non-hydrogen) atoms. The summed E-state index contributed by atoms with van der Waals surface area (Å²) < 4.78 is 20.6. The predicted octanol–water partition coefficient (Wildman–Crippen LogP) is 6.15. The molecule has 9 heteroatoms. The first-order valence-corrected chi connectivity index (χ1v) is 13.5. The molecule has 0 spiro atoms. The highest BCUT2D eigenvalue weighted by Gasteiger charge is 2.17. The van der Waals surface area contributed by atoms with Crippen molar-refractivity contribution < 1.29 is 9.13 Å². The van der Waals surface area contributed by atoms with Gasteiger partial charge in [0.2, 0.25) is 0 Å². The summed E-state index contributed by atoms with van der Waals surface area (Å²) in [5.74, 6) is 0.153. The lowest BCUT2D eigenvalue weighted by atomic mass is 10.1. The van der Waals surface area contributed by atoms with Crippen molar-refractivity contribution in [2.75, 3.05) is 26.2 Å². The van der Waals surface area contributed by atoms with Crippen molar-refractivity contribution in [1.29, 1.82) is 0 Å². The van der Waals surface area contributed by atoms with Crippen LogP contribution in [0, 0.1) is 12.7 Å². The van der Waals surface area contributed by atoms with Crippen molar-refractivity contribution >= 4 is 21.8 Å². The SMILES string of the molecule is Cc1ccncc1-c1cc2c(-c3cc4c(-c5cc(F)cc(OCCN6CCCC6)c5)nccc4[nH]3)n[nH]c2cn1. The first-order chi connectivity index (χ1) is 19.6. The molecular weight excluding hydrogens is 505 g/mol. The third kappa shape index (κ3) is 4.58. The Bertz CT molecular complexity index is 1840. The molecule has 1 aromatic carbocycles. The maximum absolute atomic E-state index is 14.7. The van der Waals surface area contributed by atoms with E-state index in [1.165, 1.54) is 25.0 Å². The Kier molecular flexibility index (Phi) is 6.20. The Morgan fingerprint density at radius 1 is 0.925 bits per heavy atom. The third-order valence-electron chi connectivity index (χ3n) is 7.59. The van der Waals surface area contributed by atoms with E-state index in [1.807, 2.05) is 43.5 Å². The molecule has 0 unspecified atom stereocenters. The number of hydrogen-bond acceptors (Lipinski definition) is 6. The van der Waals surface area contributed by atoms with Gasteiger partial charge in [-0.1, -0.05) is 0 Å². The second-order valence-electron chi connectivity index (χ2n) is 10.3. The lowest BCUT2D eigenvalue weighted by Gasteiger charge is -2.15. The number of fused-ring (bicyclic) bond motifs is 2. The van der Waals surface area contributed by atoms with Crippen molar-refractivity contribution in [3.8, 4) is 39.7 Å². The van der Waals surface area contributed by atoms with E-state index in [2.05, 4.69) is 35.0 Å². The van der Waals surface area contributed by atoms with Gasteiger partial charge in [0.25, 0.3) is 0 Å². The van der Waals surface area contributed by atoms with Gasteiger partial charge in [-0.15, -0.1) is 0 Å². The molecule has 0 aliphatic carbocycles. The zero-order valence-corrected chi connectivity index (χ0v) is 22.1. The molecule has 2 N–H and O–H groups in total. The van der Waals surface area contributed by atoms with Crippen molar-refractivity contribution in [3.63, 3.8) is 0 Å². The van der Waals surface area contributed by atoms with Gasteiger partial charge in [-0.2, -0.15) is 5.10 Å². The molecule has 1 fully saturated rings. The minimum atomic E-state index is -0.354. The number of nitrogens with one attached hydrogen (secondary N) is 2. The molecule has 1 saturated heterocycles. The molecule has 5 aromatic heterocycles. The average Bonchev–Trinajstić information content (AvgIpc) is 3.72. The lowest BCUT2D eigenvalue weighted by molar-refractivity contribution is 0.237. The number of likely N-dealkylation sites (tertiary alicyclic amines) is 1. The summed E-state index contributed by atoms with van der Waals surface area (Å²) in [6.45, 7) is 5.62. The number of aromatic nitrogens is 6. The number of hydrogen-bond donors (Lipinski definition) is 2. The summed E-state index contributed by atoms with van der Waals surface area (Å²) in [5, 5.41) is 9.50. The van der Waals surface area contributed by atoms with Gasteiger partial charge in [0.05, 0.1) is 28.8 Å². The van der Waals surface area contributed by atoms with Crippen LogP contribution in [0.2, 0.25) is 0 Å². The summed E-state index contributed by atoms with van der Waals surface area (Å²) in [4.78, 5) is 19.4. The molecule has 0 atom stereocenters. The molecule has 200 valence electrons. The van der Waals surface area contributed by atoms with E-state index in [4.69, 9.17) is 4.74 Å². The van der Waals surface area contributed by atoms with E-state index < -0.39 is 0 Å². The fourth-order valence-corrected chi connectivity index (χ4v) is 5.49. The quantitative estimate of drug-likeness (QED) is 0.256. The Labute approximate surface area is 230 Å².